The van der Waals surface area contributed by atoms with E-state index < -0.39 is 5.69 Å². The van der Waals surface area contributed by atoms with E-state index in [-0.39, 0.29) is 11.4 Å². The van der Waals surface area contributed by atoms with E-state index in [1.165, 1.54) is 4.57 Å². The average Bonchev–Trinajstić information content (AvgIpc) is 2.28. The number of H-pyrrole nitrogens is 1. The van der Waals surface area contributed by atoms with E-state index in [1.54, 1.807) is 0 Å². The molecule has 0 unspecified atom stereocenters. The molecule has 0 saturated carbocycles. The largest absolute Gasteiger partial charge is 0.385 e. The number of nitrogens with two attached hydrogens (primary N) is 1. The van der Waals surface area contributed by atoms with Crippen LogP contribution in [-0.4, -0.2) is 9.55 Å². The maximum Gasteiger partial charge on any atom is 0.329 e. The summed E-state index contributed by atoms with van der Waals surface area (Å²) in [5.41, 5.74) is 5.61. The molecule has 0 bridgehead atoms. The van der Waals surface area contributed by atoms with Gasteiger partial charge in [0.1, 0.15) is 5.82 Å². The number of rotatable bonds is 6. The zero-order chi connectivity index (χ0) is 12.8. The van der Waals surface area contributed by atoms with Gasteiger partial charge in [-0.05, 0) is 19.3 Å². The minimum atomic E-state index is -0.402. The monoisotopic (exact) mass is 239 g/mol. The zero-order valence-electron chi connectivity index (χ0n) is 10.6. The van der Waals surface area contributed by atoms with Crippen molar-refractivity contribution >= 4 is 5.82 Å². The van der Waals surface area contributed by atoms with Crippen molar-refractivity contribution in [2.45, 2.75) is 52.5 Å². The second kappa shape index (κ2) is 6.27. The van der Waals surface area contributed by atoms with Gasteiger partial charge in [0, 0.05) is 6.54 Å². The van der Waals surface area contributed by atoms with Crippen molar-refractivity contribution in [2.75, 3.05) is 5.73 Å². The molecule has 5 heteroatoms. The molecule has 0 aromatic carbocycles. The molecule has 3 N–H and O–H groups in total. The molecule has 0 fully saturated rings. The maximum atomic E-state index is 12.1. The molecule has 0 radical (unpaired) electrons. The third-order valence-corrected chi connectivity index (χ3v) is 2.83. The normalized spacial score (nSPS) is 10.7. The molecule has 5 nitrogen and oxygen atoms in total. The van der Waals surface area contributed by atoms with Gasteiger partial charge in [-0.3, -0.25) is 14.3 Å². The fourth-order valence-corrected chi connectivity index (χ4v) is 1.74. The van der Waals surface area contributed by atoms with Crippen LogP contribution in [0.5, 0.6) is 0 Å². The molecule has 17 heavy (non-hydrogen) atoms. The van der Waals surface area contributed by atoms with E-state index in [1.807, 2.05) is 6.92 Å². The van der Waals surface area contributed by atoms with Crippen molar-refractivity contribution in [1.82, 2.24) is 9.55 Å². The first-order chi connectivity index (χ1) is 8.11. The van der Waals surface area contributed by atoms with Crippen molar-refractivity contribution in [3.8, 4) is 0 Å². The summed E-state index contributed by atoms with van der Waals surface area (Å²) in [6.07, 6.45) is 4.29. The van der Waals surface area contributed by atoms with Crippen molar-refractivity contribution < 1.29 is 0 Å². The van der Waals surface area contributed by atoms with Crippen LogP contribution in [0.4, 0.5) is 5.82 Å². The SMILES string of the molecule is CCCCc1c(N)[nH]c(=O)n(CCCC)c1=O. The van der Waals surface area contributed by atoms with Gasteiger partial charge >= 0.3 is 5.69 Å². The van der Waals surface area contributed by atoms with Crippen LogP contribution in [-0.2, 0) is 13.0 Å². The summed E-state index contributed by atoms with van der Waals surface area (Å²) in [5, 5.41) is 0. The minimum Gasteiger partial charge on any atom is -0.385 e. The molecule has 0 aliphatic rings. The zero-order valence-corrected chi connectivity index (χ0v) is 10.6. The number of hydrogen-bond donors (Lipinski definition) is 2. The van der Waals surface area contributed by atoms with Crippen molar-refractivity contribution in [2.24, 2.45) is 0 Å². The van der Waals surface area contributed by atoms with Gasteiger partial charge in [-0.2, -0.15) is 0 Å². The molecule has 0 amide bonds. The topological polar surface area (TPSA) is 80.9 Å². The number of aromatic nitrogens is 2. The molecular weight excluding hydrogens is 218 g/mol. The van der Waals surface area contributed by atoms with Crippen LogP contribution < -0.4 is 17.0 Å². The lowest BCUT2D eigenvalue weighted by Gasteiger charge is -2.08. The van der Waals surface area contributed by atoms with Gasteiger partial charge in [0.2, 0.25) is 0 Å². The third kappa shape index (κ3) is 3.22. The Balaban J connectivity index is 3.13. The Morgan fingerprint density at radius 2 is 1.82 bits per heavy atom. The lowest BCUT2D eigenvalue weighted by Crippen LogP contribution is -2.38. The van der Waals surface area contributed by atoms with Gasteiger partial charge in [-0.25, -0.2) is 4.79 Å². The van der Waals surface area contributed by atoms with E-state index in [2.05, 4.69) is 11.9 Å². The molecule has 1 aromatic rings. The first-order valence-electron chi connectivity index (χ1n) is 6.23. The van der Waals surface area contributed by atoms with Gasteiger partial charge in [0.15, 0.2) is 0 Å². The predicted octanol–water partition coefficient (Wildman–Crippen LogP) is 1.26. The first kappa shape index (κ1) is 13.5. The van der Waals surface area contributed by atoms with Gasteiger partial charge in [0.05, 0.1) is 5.56 Å². The Bertz CT molecular complexity index is 474. The Kier molecular flexibility index (Phi) is 5.00. The van der Waals surface area contributed by atoms with Crippen LogP contribution in [0.15, 0.2) is 9.59 Å². The number of hydrogen-bond acceptors (Lipinski definition) is 3. The molecule has 1 heterocycles. The first-order valence-corrected chi connectivity index (χ1v) is 6.23. The lowest BCUT2D eigenvalue weighted by molar-refractivity contribution is 0.576. The maximum absolute atomic E-state index is 12.1. The summed E-state index contributed by atoms with van der Waals surface area (Å²) >= 11 is 0. The van der Waals surface area contributed by atoms with E-state index in [4.69, 9.17) is 5.73 Å². The average molecular weight is 239 g/mol. The second-order valence-corrected chi connectivity index (χ2v) is 4.24. The lowest BCUT2D eigenvalue weighted by atomic mass is 10.1. The van der Waals surface area contributed by atoms with Crippen molar-refractivity contribution in [1.29, 1.82) is 0 Å². The number of unbranched alkanes of at least 4 members (excludes halogenated alkanes) is 2. The van der Waals surface area contributed by atoms with E-state index in [0.29, 0.717) is 18.5 Å². The van der Waals surface area contributed by atoms with E-state index in [9.17, 15) is 9.59 Å². The fraction of sp³-hybridized carbons (Fsp3) is 0.667. The standard InChI is InChI=1S/C12H21N3O2/c1-3-5-7-9-10(13)14-12(17)15(11(9)16)8-6-4-2/h3-8,13H2,1-2H3,(H,14,17). The molecule has 0 aliphatic carbocycles. The van der Waals surface area contributed by atoms with Gasteiger partial charge in [0.25, 0.3) is 5.56 Å². The quantitative estimate of drug-likeness (QED) is 0.784. The van der Waals surface area contributed by atoms with Crippen LogP contribution in [0, 0.1) is 0 Å². The van der Waals surface area contributed by atoms with Crippen molar-refractivity contribution in [3.05, 3.63) is 26.4 Å². The summed E-state index contributed by atoms with van der Waals surface area (Å²) < 4.78 is 1.25. The number of anilines is 1. The van der Waals surface area contributed by atoms with E-state index in [0.717, 1.165) is 25.7 Å². The summed E-state index contributed by atoms with van der Waals surface area (Å²) in [4.78, 5) is 26.3. The van der Waals surface area contributed by atoms with Crippen LogP contribution in [0.25, 0.3) is 0 Å². The highest BCUT2D eigenvalue weighted by atomic mass is 16.2. The van der Waals surface area contributed by atoms with E-state index >= 15 is 0 Å². The molecule has 1 aromatic heterocycles. The summed E-state index contributed by atoms with van der Waals surface area (Å²) in [6, 6.07) is 0. The number of nitrogen functional groups attached to an aromatic ring is 1. The summed E-state index contributed by atoms with van der Waals surface area (Å²) in [5.74, 6) is 0.223. The van der Waals surface area contributed by atoms with Crippen LogP contribution in [0.3, 0.4) is 0 Å². The smallest absolute Gasteiger partial charge is 0.329 e. The molecule has 0 spiro atoms. The highest BCUT2D eigenvalue weighted by Gasteiger charge is 2.10. The Morgan fingerprint density at radius 3 is 2.41 bits per heavy atom. The van der Waals surface area contributed by atoms with Gasteiger partial charge < -0.3 is 5.73 Å². The highest BCUT2D eigenvalue weighted by molar-refractivity contribution is 5.36. The van der Waals surface area contributed by atoms with Crippen LogP contribution >= 0.6 is 0 Å². The summed E-state index contributed by atoms with van der Waals surface area (Å²) in [6.45, 7) is 4.54. The third-order valence-electron chi connectivity index (χ3n) is 2.83. The molecule has 0 atom stereocenters. The number of nitrogens with zero attached hydrogens (tertiary/aromatic N) is 1. The Morgan fingerprint density at radius 1 is 1.18 bits per heavy atom. The molecule has 1 rings (SSSR count). The predicted molar refractivity (Wildman–Crippen MR) is 69.3 cm³/mol. The second-order valence-electron chi connectivity index (χ2n) is 4.24. The molecule has 0 saturated heterocycles. The van der Waals surface area contributed by atoms with Gasteiger partial charge in [-0.1, -0.05) is 26.7 Å². The van der Waals surface area contributed by atoms with Gasteiger partial charge in [-0.15, -0.1) is 0 Å². The molecule has 96 valence electrons. The van der Waals surface area contributed by atoms with Crippen LogP contribution in [0.1, 0.15) is 45.1 Å². The Labute approximate surface area is 101 Å². The molecule has 0 aliphatic heterocycles. The highest BCUT2D eigenvalue weighted by Crippen LogP contribution is 2.05. The fourth-order valence-electron chi connectivity index (χ4n) is 1.74. The Hall–Kier alpha value is -1.52. The number of nitrogens with one attached hydrogen (secondary N) is 1. The summed E-state index contributed by atoms with van der Waals surface area (Å²) in [7, 11) is 0. The van der Waals surface area contributed by atoms with Crippen LogP contribution in [0.2, 0.25) is 0 Å². The van der Waals surface area contributed by atoms with Crippen molar-refractivity contribution in [3.63, 3.8) is 0 Å². The number of aromatic amines is 1. The molecular formula is C12H21N3O2. The minimum absolute atomic E-state index is 0.223.